The lowest BCUT2D eigenvalue weighted by Gasteiger charge is -2.45. The first-order valence-electron chi connectivity index (χ1n) is 8.49. The Balaban J connectivity index is 2.19. The van der Waals surface area contributed by atoms with Gasteiger partial charge in [0.05, 0.1) is 12.7 Å². The minimum Gasteiger partial charge on any atom is -0.481 e. The Bertz CT molecular complexity index is 730. The lowest BCUT2D eigenvalue weighted by atomic mass is 9.66. The Morgan fingerprint density at radius 2 is 1.96 bits per heavy atom. The second-order valence-electron chi connectivity index (χ2n) is 6.84. The van der Waals surface area contributed by atoms with Crippen LogP contribution in [0.2, 0.25) is 0 Å². The minimum absolute atomic E-state index is 0.0359. The average Bonchev–Trinajstić information content (AvgIpc) is 3.06. The van der Waals surface area contributed by atoms with Crippen molar-refractivity contribution in [3.8, 4) is 0 Å². The number of hydrogen-bond acceptors (Lipinski definition) is 9. The summed E-state index contributed by atoms with van der Waals surface area (Å²) in [7, 11) is 0. The Morgan fingerprint density at radius 3 is 2.46 bits per heavy atom. The van der Waals surface area contributed by atoms with Gasteiger partial charge >= 0.3 is 18.0 Å². The highest BCUT2D eigenvalue weighted by Gasteiger charge is 2.51. The molecule has 2 amide bonds. The van der Waals surface area contributed by atoms with Crippen molar-refractivity contribution in [1.82, 2.24) is 20.8 Å². The van der Waals surface area contributed by atoms with E-state index >= 15 is 0 Å². The van der Waals surface area contributed by atoms with Crippen LogP contribution in [0.1, 0.15) is 44.0 Å². The molecule has 13 nitrogen and oxygen atoms in total. The highest BCUT2D eigenvalue weighted by molar-refractivity contribution is 5.83. The van der Waals surface area contributed by atoms with E-state index in [1.54, 1.807) is 0 Å². The first-order chi connectivity index (χ1) is 13.1. The van der Waals surface area contributed by atoms with Gasteiger partial charge in [-0.1, -0.05) is 0 Å². The van der Waals surface area contributed by atoms with Crippen molar-refractivity contribution < 1.29 is 39.2 Å². The van der Waals surface area contributed by atoms with Gasteiger partial charge in [-0.3, -0.25) is 4.79 Å². The Labute approximate surface area is 158 Å². The summed E-state index contributed by atoms with van der Waals surface area (Å²) in [6.07, 6.45) is -0.778. The summed E-state index contributed by atoms with van der Waals surface area (Å²) in [5, 5.41) is 48.7. The SMILES string of the molecule is CC(O)C(N)c1nnc(C2(NC(=O)NC(CO)C(=O)O)CC(CC(=O)O)C2)o1. The molecule has 0 saturated heterocycles. The largest absolute Gasteiger partial charge is 0.481 e. The molecule has 0 aromatic carbocycles. The minimum atomic E-state index is -1.52. The topological polar surface area (TPSA) is 221 Å². The number of carboxylic acid groups (broad SMARTS) is 2. The molecule has 8 N–H and O–H groups in total. The fraction of sp³-hybridized carbons (Fsp3) is 0.667. The molecule has 1 aromatic heterocycles. The van der Waals surface area contributed by atoms with Crippen LogP contribution in [0, 0.1) is 5.92 Å². The third-order valence-corrected chi connectivity index (χ3v) is 4.53. The van der Waals surface area contributed by atoms with Crippen molar-refractivity contribution in [1.29, 1.82) is 0 Å². The average molecular weight is 401 g/mol. The number of nitrogens with one attached hydrogen (secondary N) is 2. The number of nitrogens with zero attached hydrogens (tertiary/aromatic N) is 2. The van der Waals surface area contributed by atoms with Gasteiger partial charge in [-0.25, -0.2) is 9.59 Å². The first-order valence-corrected chi connectivity index (χ1v) is 8.49. The number of carbonyl (C=O) groups excluding carboxylic acids is 1. The molecule has 1 aliphatic rings. The van der Waals surface area contributed by atoms with Gasteiger partial charge in [0.1, 0.15) is 11.6 Å². The molecule has 1 aliphatic carbocycles. The standard InChI is InChI=1S/C15H23N5O8/c1-6(22)10(16)11-19-20-13(28-11)15(3-7(4-15)2-9(23)24)18-14(27)17-8(5-21)12(25)26/h6-8,10,21-22H,2-5,16H2,1H3,(H,23,24)(H,25,26)(H2,17,18,27). The summed E-state index contributed by atoms with van der Waals surface area (Å²) >= 11 is 0. The third kappa shape index (κ3) is 4.74. The van der Waals surface area contributed by atoms with E-state index in [1.807, 2.05) is 0 Å². The number of nitrogens with two attached hydrogens (primary N) is 1. The number of carboxylic acids is 2. The maximum absolute atomic E-state index is 12.2. The maximum atomic E-state index is 12.2. The molecular weight excluding hydrogens is 378 g/mol. The van der Waals surface area contributed by atoms with Crippen LogP contribution in [0.15, 0.2) is 4.42 Å². The van der Waals surface area contributed by atoms with Gasteiger partial charge in [-0.2, -0.15) is 0 Å². The first kappa shape index (κ1) is 21.5. The molecule has 0 aliphatic heterocycles. The molecule has 28 heavy (non-hydrogen) atoms. The molecule has 0 radical (unpaired) electrons. The third-order valence-electron chi connectivity index (χ3n) is 4.53. The number of aliphatic hydroxyl groups excluding tert-OH is 2. The number of rotatable bonds is 9. The summed E-state index contributed by atoms with van der Waals surface area (Å²) in [5.74, 6) is -2.80. The van der Waals surface area contributed by atoms with Crippen LogP contribution in [-0.4, -0.2) is 67.3 Å². The van der Waals surface area contributed by atoms with Crippen LogP contribution in [0.25, 0.3) is 0 Å². The monoisotopic (exact) mass is 401 g/mol. The summed E-state index contributed by atoms with van der Waals surface area (Å²) in [6.45, 7) is 0.620. The lowest BCUT2D eigenvalue weighted by molar-refractivity contribution is -0.141. The number of hydrogen-bond donors (Lipinski definition) is 7. The number of aliphatic carboxylic acids is 2. The molecule has 156 valence electrons. The molecule has 1 saturated carbocycles. The van der Waals surface area contributed by atoms with E-state index in [4.69, 9.17) is 25.5 Å². The second-order valence-corrected chi connectivity index (χ2v) is 6.84. The van der Waals surface area contributed by atoms with E-state index in [9.17, 15) is 19.5 Å². The van der Waals surface area contributed by atoms with Crippen LogP contribution >= 0.6 is 0 Å². The van der Waals surface area contributed by atoms with Crippen molar-refractivity contribution >= 4 is 18.0 Å². The zero-order chi connectivity index (χ0) is 21.1. The van der Waals surface area contributed by atoms with Gasteiger partial charge in [-0.05, 0) is 25.7 Å². The molecule has 1 aromatic rings. The van der Waals surface area contributed by atoms with E-state index in [1.165, 1.54) is 6.92 Å². The molecule has 0 bridgehead atoms. The molecule has 1 heterocycles. The highest BCUT2D eigenvalue weighted by Crippen LogP contribution is 2.47. The summed E-state index contributed by atoms with van der Waals surface area (Å²) in [5.41, 5.74) is 4.53. The molecular formula is C15H23N5O8. The molecule has 13 heteroatoms. The summed E-state index contributed by atoms with van der Waals surface area (Å²) < 4.78 is 5.48. The van der Waals surface area contributed by atoms with Crippen LogP contribution in [-0.2, 0) is 15.1 Å². The van der Waals surface area contributed by atoms with Crippen LogP contribution < -0.4 is 16.4 Å². The van der Waals surface area contributed by atoms with E-state index < -0.39 is 48.3 Å². The van der Waals surface area contributed by atoms with E-state index in [0.717, 1.165) is 0 Å². The smallest absolute Gasteiger partial charge is 0.328 e. The van der Waals surface area contributed by atoms with Crippen LogP contribution in [0.3, 0.4) is 0 Å². The van der Waals surface area contributed by atoms with E-state index in [-0.39, 0.29) is 37.0 Å². The molecule has 3 atom stereocenters. The molecule has 3 unspecified atom stereocenters. The molecule has 0 spiro atoms. The van der Waals surface area contributed by atoms with Gasteiger partial charge in [0, 0.05) is 6.42 Å². The zero-order valence-electron chi connectivity index (χ0n) is 15.0. The zero-order valence-corrected chi connectivity index (χ0v) is 15.0. The Kier molecular flexibility index (Phi) is 6.53. The summed E-state index contributed by atoms with van der Waals surface area (Å²) in [6, 6.07) is -3.38. The number of carbonyl (C=O) groups is 3. The number of amides is 2. The molecule has 1 fully saturated rings. The predicted molar refractivity (Wildman–Crippen MR) is 89.7 cm³/mol. The number of urea groups is 1. The number of aromatic nitrogens is 2. The second kappa shape index (κ2) is 8.50. The number of aliphatic hydroxyl groups is 2. The van der Waals surface area contributed by atoms with Gasteiger partial charge in [-0.15, -0.1) is 10.2 Å². The maximum Gasteiger partial charge on any atom is 0.328 e. The van der Waals surface area contributed by atoms with Crippen LogP contribution in [0.5, 0.6) is 0 Å². The Morgan fingerprint density at radius 1 is 1.32 bits per heavy atom. The van der Waals surface area contributed by atoms with Crippen molar-refractivity contribution in [2.45, 2.75) is 49.9 Å². The van der Waals surface area contributed by atoms with Crippen molar-refractivity contribution in [2.75, 3.05) is 6.61 Å². The molecule has 2 rings (SSSR count). The van der Waals surface area contributed by atoms with Crippen LogP contribution in [0.4, 0.5) is 4.79 Å². The fourth-order valence-electron chi connectivity index (χ4n) is 3.01. The van der Waals surface area contributed by atoms with E-state index in [2.05, 4.69) is 20.8 Å². The van der Waals surface area contributed by atoms with Gasteiger partial charge in [0.2, 0.25) is 11.8 Å². The predicted octanol–water partition coefficient (Wildman–Crippen LogP) is -1.73. The van der Waals surface area contributed by atoms with Crippen molar-refractivity contribution in [3.05, 3.63) is 11.8 Å². The lowest BCUT2D eigenvalue weighted by Crippen LogP contribution is -2.59. The normalized spacial score (nSPS) is 24.5. The van der Waals surface area contributed by atoms with Crippen molar-refractivity contribution in [2.24, 2.45) is 11.7 Å². The van der Waals surface area contributed by atoms with Gasteiger partial charge < -0.3 is 41.2 Å². The van der Waals surface area contributed by atoms with Crippen molar-refractivity contribution in [3.63, 3.8) is 0 Å². The van der Waals surface area contributed by atoms with E-state index in [0.29, 0.717) is 0 Å². The summed E-state index contributed by atoms with van der Waals surface area (Å²) in [4.78, 5) is 34.1. The highest BCUT2D eigenvalue weighted by atomic mass is 16.4. The fourth-order valence-corrected chi connectivity index (χ4v) is 3.01. The van der Waals surface area contributed by atoms with Gasteiger partial charge in [0.25, 0.3) is 0 Å². The van der Waals surface area contributed by atoms with Gasteiger partial charge in [0.15, 0.2) is 6.04 Å². The Hall–Kier alpha value is -2.77. The quantitative estimate of drug-likeness (QED) is 0.246.